The fourth-order valence-corrected chi connectivity index (χ4v) is 1.38. The van der Waals surface area contributed by atoms with Crippen LogP contribution in [0.3, 0.4) is 0 Å². The highest BCUT2D eigenvalue weighted by molar-refractivity contribution is 5.78. The molecule has 0 radical (unpaired) electrons. The van der Waals surface area contributed by atoms with Gasteiger partial charge in [-0.25, -0.2) is 14.4 Å². The molecule has 0 atom stereocenters. The SMILES string of the molecule is COc1cnc2ccc(F)c(CN)c2n1. The monoisotopic (exact) mass is 207 g/mol. The van der Waals surface area contributed by atoms with E-state index in [9.17, 15) is 4.39 Å². The van der Waals surface area contributed by atoms with Crippen molar-refractivity contribution in [2.45, 2.75) is 6.54 Å². The second kappa shape index (κ2) is 3.78. The quantitative estimate of drug-likeness (QED) is 0.804. The maximum absolute atomic E-state index is 13.4. The van der Waals surface area contributed by atoms with Crippen molar-refractivity contribution in [1.29, 1.82) is 0 Å². The molecule has 0 aliphatic carbocycles. The van der Waals surface area contributed by atoms with Gasteiger partial charge in [-0.2, -0.15) is 0 Å². The Morgan fingerprint density at radius 2 is 2.27 bits per heavy atom. The third-order valence-electron chi connectivity index (χ3n) is 2.15. The smallest absolute Gasteiger partial charge is 0.232 e. The molecule has 0 bridgehead atoms. The average molecular weight is 207 g/mol. The minimum Gasteiger partial charge on any atom is -0.480 e. The number of methoxy groups -OCH3 is 1. The van der Waals surface area contributed by atoms with Crippen LogP contribution in [0.2, 0.25) is 0 Å². The van der Waals surface area contributed by atoms with Crippen molar-refractivity contribution in [1.82, 2.24) is 9.97 Å². The number of aromatic nitrogens is 2. The molecule has 0 saturated carbocycles. The van der Waals surface area contributed by atoms with Crippen molar-refractivity contribution in [3.63, 3.8) is 0 Å². The molecule has 2 rings (SSSR count). The van der Waals surface area contributed by atoms with E-state index in [0.717, 1.165) is 0 Å². The summed E-state index contributed by atoms with van der Waals surface area (Å²) in [7, 11) is 1.48. The van der Waals surface area contributed by atoms with Gasteiger partial charge in [0.2, 0.25) is 5.88 Å². The van der Waals surface area contributed by atoms with Crippen LogP contribution >= 0.6 is 0 Å². The maximum Gasteiger partial charge on any atom is 0.232 e. The van der Waals surface area contributed by atoms with Gasteiger partial charge in [0.05, 0.1) is 18.8 Å². The molecule has 1 heterocycles. The molecular weight excluding hydrogens is 197 g/mol. The second-order valence-corrected chi connectivity index (χ2v) is 3.01. The molecule has 15 heavy (non-hydrogen) atoms. The van der Waals surface area contributed by atoms with Gasteiger partial charge in [-0.1, -0.05) is 0 Å². The van der Waals surface area contributed by atoms with Crippen molar-refractivity contribution in [2.75, 3.05) is 7.11 Å². The molecular formula is C10H10FN3O. The van der Waals surface area contributed by atoms with Crippen LogP contribution in [0.4, 0.5) is 4.39 Å². The average Bonchev–Trinajstić information content (AvgIpc) is 2.28. The van der Waals surface area contributed by atoms with Gasteiger partial charge in [-0.05, 0) is 12.1 Å². The van der Waals surface area contributed by atoms with Gasteiger partial charge >= 0.3 is 0 Å². The highest BCUT2D eigenvalue weighted by Crippen LogP contribution is 2.20. The molecule has 1 aromatic carbocycles. The summed E-state index contributed by atoms with van der Waals surface area (Å²) in [6.07, 6.45) is 1.49. The lowest BCUT2D eigenvalue weighted by Gasteiger charge is -2.05. The first-order chi connectivity index (χ1) is 7.26. The highest BCUT2D eigenvalue weighted by atomic mass is 19.1. The number of ether oxygens (including phenoxy) is 1. The van der Waals surface area contributed by atoms with E-state index in [0.29, 0.717) is 22.5 Å². The third-order valence-corrected chi connectivity index (χ3v) is 2.15. The van der Waals surface area contributed by atoms with E-state index in [1.54, 1.807) is 6.07 Å². The summed E-state index contributed by atoms with van der Waals surface area (Å²) in [5, 5.41) is 0. The van der Waals surface area contributed by atoms with Crippen LogP contribution in [-0.4, -0.2) is 17.1 Å². The van der Waals surface area contributed by atoms with Crippen LogP contribution in [0.25, 0.3) is 11.0 Å². The molecule has 0 fully saturated rings. The van der Waals surface area contributed by atoms with Gasteiger partial charge in [0, 0.05) is 12.1 Å². The van der Waals surface area contributed by atoms with E-state index in [-0.39, 0.29) is 12.4 Å². The second-order valence-electron chi connectivity index (χ2n) is 3.01. The molecule has 0 aliphatic heterocycles. The Bertz CT molecular complexity index is 501. The number of nitrogens with two attached hydrogens (primary N) is 1. The Kier molecular flexibility index (Phi) is 2.47. The minimum atomic E-state index is -0.368. The molecule has 0 unspecified atom stereocenters. The topological polar surface area (TPSA) is 61.0 Å². The van der Waals surface area contributed by atoms with Crippen LogP contribution in [0, 0.1) is 5.82 Å². The van der Waals surface area contributed by atoms with Gasteiger partial charge in [-0.15, -0.1) is 0 Å². The first-order valence-electron chi connectivity index (χ1n) is 4.44. The summed E-state index contributed by atoms with van der Waals surface area (Å²) >= 11 is 0. The molecule has 5 heteroatoms. The van der Waals surface area contributed by atoms with Crippen molar-refractivity contribution >= 4 is 11.0 Å². The first kappa shape index (κ1) is 9.79. The molecule has 2 N–H and O–H groups in total. The molecule has 0 spiro atoms. The van der Waals surface area contributed by atoms with Crippen LogP contribution in [0.1, 0.15) is 5.56 Å². The lowest BCUT2D eigenvalue weighted by molar-refractivity contribution is 0.397. The number of hydrogen-bond donors (Lipinski definition) is 1. The van der Waals surface area contributed by atoms with E-state index >= 15 is 0 Å². The fourth-order valence-electron chi connectivity index (χ4n) is 1.38. The van der Waals surface area contributed by atoms with Gasteiger partial charge in [-0.3, -0.25) is 0 Å². The summed E-state index contributed by atoms with van der Waals surface area (Å²) in [5.74, 6) is -0.0182. The molecule has 1 aromatic heterocycles. The fraction of sp³-hybridized carbons (Fsp3) is 0.200. The predicted octanol–water partition coefficient (Wildman–Crippen LogP) is 1.24. The van der Waals surface area contributed by atoms with Gasteiger partial charge < -0.3 is 10.5 Å². The number of rotatable bonds is 2. The zero-order valence-electron chi connectivity index (χ0n) is 8.20. The number of nitrogens with zero attached hydrogens (tertiary/aromatic N) is 2. The van der Waals surface area contributed by atoms with E-state index in [1.165, 1.54) is 19.4 Å². The van der Waals surface area contributed by atoms with E-state index < -0.39 is 0 Å². The Balaban J connectivity index is 2.76. The van der Waals surface area contributed by atoms with E-state index in [4.69, 9.17) is 10.5 Å². The lowest BCUT2D eigenvalue weighted by Crippen LogP contribution is -2.03. The molecule has 2 aromatic rings. The van der Waals surface area contributed by atoms with Crippen molar-refractivity contribution in [3.8, 4) is 5.88 Å². The van der Waals surface area contributed by atoms with Crippen molar-refractivity contribution in [2.24, 2.45) is 5.73 Å². The Morgan fingerprint density at radius 3 is 2.93 bits per heavy atom. The lowest BCUT2D eigenvalue weighted by atomic mass is 10.1. The Labute approximate surface area is 85.9 Å². The predicted molar refractivity (Wildman–Crippen MR) is 53.9 cm³/mol. The number of fused-ring (bicyclic) bond motifs is 1. The maximum atomic E-state index is 13.4. The minimum absolute atomic E-state index is 0.0883. The summed E-state index contributed by atoms with van der Waals surface area (Å²) in [4.78, 5) is 8.21. The van der Waals surface area contributed by atoms with E-state index in [1.807, 2.05) is 0 Å². The normalized spacial score (nSPS) is 10.6. The summed E-state index contributed by atoms with van der Waals surface area (Å²) in [5.41, 5.74) is 6.88. The molecule has 0 amide bonds. The molecule has 0 aliphatic rings. The summed E-state index contributed by atoms with van der Waals surface area (Å²) < 4.78 is 18.3. The number of hydrogen-bond acceptors (Lipinski definition) is 4. The van der Waals surface area contributed by atoms with Crippen LogP contribution in [0.5, 0.6) is 5.88 Å². The van der Waals surface area contributed by atoms with Crippen LogP contribution < -0.4 is 10.5 Å². The zero-order valence-corrected chi connectivity index (χ0v) is 8.20. The van der Waals surface area contributed by atoms with Crippen LogP contribution in [-0.2, 0) is 6.54 Å². The molecule has 4 nitrogen and oxygen atoms in total. The Morgan fingerprint density at radius 1 is 1.47 bits per heavy atom. The van der Waals surface area contributed by atoms with Crippen molar-refractivity contribution in [3.05, 3.63) is 29.7 Å². The van der Waals surface area contributed by atoms with Gasteiger partial charge in [0.1, 0.15) is 11.3 Å². The third kappa shape index (κ3) is 1.61. The summed E-state index contributed by atoms with van der Waals surface area (Å²) in [6.45, 7) is 0.0883. The van der Waals surface area contributed by atoms with E-state index in [2.05, 4.69) is 9.97 Å². The first-order valence-corrected chi connectivity index (χ1v) is 4.44. The van der Waals surface area contributed by atoms with Gasteiger partial charge in [0.25, 0.3) is 0 Å². The van der Waals surface area contributed by atoms with Crippen molar-refractivity contribution < 1.29 is 9.13 Å². The number of benzene rings is 1. The zero-order chi connectivity index (χ0) is 10.8. The Hall–Kier alpha value is -1.75. The largest absolute Gasteiger partial charge is 0.480 e. The highest BCUT2D eigenvalue weighted by Gasteiger charge is 2.09. The van der Waals surface area contributed by atoms with Crippen LogP contribution in [0.15, 0.2) is 18.3 Å². The molecule has 78 valence electrons. The van der Waals surface area contributed by atoms with Gasteiger partial charge in [0.15, 0.2) is 0 Å². The summed E-state index contributed by atoms with van der Waals surface area (Å²) in [6, 6.07) is 2.90. The molecule has 0 saturated heterocycles. The standard InChI is InChI=1S/C10H10FN3O/c1-15-9-5-13-8-3-2-7(11)6(4-12)10(8)14-9/h2-3,5H,4,12H2,1H3. The number of halogens is 1.